The number of nitrogens with two attached hydrogens (primary N) is 1. The van der Waals surface area contributed by atoms with Crippen molar-refractivity contribution in [3.05, 3.63) is 21.4 Å². The van der Waals surface area contributed by atoms with Crippen molar-refractivity contribution in [1.82, 2.24) is 5.32 Å². The van der Waals surface area contributed by atoms with Crippen LogP contribution in [0.1, 0.15) is 59.1 Å². The van der Waals surface area contributed by atoms with Crippen LogP contribution in [0.4, 0.5) is 0 Å². The summed E-state index contributed by atoms with van der Waals surface area (Å²) >= 11 is 1.67. The van der Waals surface area contributed by atoms with E-state index in [-0.39, 0.29) is 11.9 Å². The highest BCUT2D eigenvalue weighted by Crippen LogP contribution is 2.29. The first-order chi connectivity index (χ1) is 9.24. The monoisotopic (exact) mass is 280 g/mol. The molecule has 0 bridgehead atoms. The van der Waals surface area contributed by atoms with Crippen molar-refractivity contribution in [2.45, 2.75) is 57.9 Å². The molecule has 0 fully saturated rings. The summed E-state index contributed by atoms with van der Waals surface area (Å²) < 4.78 is 0. The smallest absolute Gasteiger partial charge is 0.261 e. The van der Waals surface area contributed by atoms with Crippen LogP contribution in [0, 0.1) is 0 Å². The Kier molecular flexibility index (Phi) is 5.40. The van der Waals surface area contributed by atoms with E-state index in [0.29, 0.717) is 6.54 Å². The normalized spacial score (nSPS) is 15.9. The zero-order valence-electron chi connectivity index (χ0n) is 11.7. The van der Waals surface area contributed by atoms with E-state index in [1.807, 2.05) is 0 Å². The quantitative estimate of drug-likeness (QED) is 0.842. The van der Waals surface area contributed by atoms with Crippen molar-refractivity contribution in [1.29, 1.82) is 0 Å². The minimum atomic E-state index is 0.0611. The molecule has 4 heteroatoms. The number of carbonyl (C=O) groups excluding carboxylic acids is 1. The first-order valence-corrected chi connectivity index (χ1v) is 8.18. The molecule has 106 valence electrons. The van der Waals surface area contributed by atoms with Crippen molar-refractivity contribution in [2.24, 2.45) is 5.73 Å². The summed E-state index contributed by atoms with van der Waals surface area (Å²) in [5, 5.41) is 3.07. The minimum absolute atomic E-state index is 0.0611. The number of nitrogens with one attached hydrogen (secondary N) is 1. The van der Waals surface area contributed by atoms with Crippen LogP contribution in [0.5, 0.6) is 0 Å². The summed E-state index contributed by atoms with van der Waals surface area (Å²) in [7, 11) is 0. The third kappa shape index (κ3) is 3.80. The van der Waals surface area contributed by atoms with Crippen molar-refractivity contribution in [2.75, 3.05) is 6.54 Å². The summed E-state index contributed by atoms with van der Waals surface area (Å²) in [6.45, 7) is 2.68. The van der Waals surface area contributed by atoms with Crippen LogP contribution in [0.25, 0.3) is 0 Å². The van der Waals surface area contributed by atoms with Crippen LogP contribution in [-0.4, -0.2) is 18.5 Å². The lowest BCUT2D eigenvalue weighted by atomic mass is 9.99. The highest BCUT2D eigenvalue weighted by molar-refractivity contribution is 7.14. The van der Waals surface area contributed by atoms with Gasteiger partial charge in [-0.05, 0) is 43.7 Å². The number of rotatable bonds is 6. The van der Waals surface area contributed by atoms with Gasteiger partial charge in [0.25, 0.3) is 5.91 Å². The summed E-state index contributed by atoms with van der Waals surface area (Å²) in [5.41, 5.74) is 7.11. The van der Waals surface area contributed by atoms with Gasteiger partial charge in [0.2, 0.25) is 0 Å². The fraction of sp³-hybridized carbons (Fsp3) is 0.667. The molecular weight excluding hydrogens is 256 g/mol. The van der Waals surface area contributed by atoms with Crippen molar-refractivity contribution in [3.63, 3.8) is 0 Å². The van der Waals surface area contributed by atoms with Crippen molar-refractivity contribution < 1.29 is 4.79 Å². The second-order valence-electron chi connectivity index (χ2n) is 5.31. The van der Waals surface area contributed by atoms with Gasteiger partial charge >= 0.3 is 0 Å². The maximum absolute atomic E-state index is 12.2. The zero-order chi connectivity index (χ0) is 13.7. The van der Waals surface area contributed by atoms with Gasteiger partial charge in [-0.15, -0.1) is 11.3 Å². The topological polar surface area (TPSA) is 55.1 Å². The van der Waals surface area contributed by atoms with E-state index in [1.54, 1.807) is 11.3 Å². The fourth-order valence-electron chi connectivity index (χ4n) is 2.56. The third-order valence-electron chi connectivity index (χ3n) is 3.75. The molecule has 0 saturated heterocycles. The van der Waals surface area contributed by atoms with Crippen LogP contribution < -0.4 is 11.1 Å². The van der Waals surface area contributed by atoms with Crippen LogP contribution in [0.2, 0.25) is 0 Å². The second-order valence-corrected chi connectivity index (χ2v) is 6.45. The molecule has 2 rings (SSSR count). The maximum atomic E-state index is 12.2. The molecule has 1 aliphatic rings. The number of carbonyl (C=O) groups is 1. The van der Waals surface area contributed by atoms with E-state index in [1.165, 1.54) is 23.3 Å². The Bertz CT molecular complexity index is 404. The Morgan fingerprint density at radius 2 is 2.26 bits per heavy atom. The third-order valence-corrected chi connectivity index (χ3v) is 4.98. The van der Waals surface area contributed by atoms with Gasteiger partial charge in [0.15, 0.2) is 0 Å². The standard InChI is InChI=1S/C15H24N2OS/c1-2-3-7-12(10-16)17-15(18)14-9-11-6-4-5-8-13(11)19-14/h9,12H,2-8,10,16H2,1H3,(H,17,18). The summed E-state index contributed by atoms with van der Waals surface area (Å²) in [6, 6.07) is 2.20. The second kappa shape index (κ2) is 7.06. The molecule has 0 aliphatic heterocycles. The van der Waals surface area contributed by atoms with E-state index in [0.717, 1.165) is 37.0 Å². The van der Waals surface area contributed by atoms with Gasteiger partial charge in [-0.1, -0.05) is 19.8 Å². The summed E-state index contributed by atoms with van der Waals surface area (Å²) in [5.74, 6) is 0.0611. The van der Waals surface area contributed by atoms with Crippen LogP contribution in [0.15, 0.2) is 6.07 Å². The number of hydrogen-bond acceptors (Lipinski definition) is 3. The molecule has 1 unspecified atom stereocenters. The molecule has 19 heavy (non-hydrogen) atoms. The summed E-state index contributed by atoms with van der Waals surface area (Å²) in [4.78, 5) is 14.5. The molecule has 1 aromatic heterocycles. The average Bonchev–Trinajstić information content (AvgIpc) is 2.87. The SMILES string of the molecule is CCCCC(CN)NC(=O)c1cc2c(s1)CCCC2. The lowest BCUT2D eigenvalue weighted by Crippen LogP contribution is -2.39. The number of unbranched alkanes of at least 4 members (excludes halogenated alkanes) is 1. The Balaban J connectivity index is 1.96. The molecule has 3 N–H and O–H groups in total. The van der Waals surface area contributed by atoms with Gasteiger partial charge in [0.05, 0.1) is 4.88 Å². The van der Waals surface area contributed by atoms with Gasteiger partial charge in [-0.3, -0.25) is 4.79 Å². The predicted octanol–water partition coefficient (Wildman–Crippen LogP) is 2.87. The Labute approximate surface area is 119 Å². The molecular formula is C15H24N2OS. The molecule has 1 aliphatic carbocycles. The molecule has 1 heterocycles. The van der Waals surface area contributed by atoms with Crippen molar-refractivity contribution >= 4 is 17.2 Å². The van der Waals surface area contributed by atoms with E-state index >= 15 is 0 Å². The van der Waals surface area contributed by atoms with E-state index in [9.17, 15) is 4.79 Å². The van der Waals surface area contributed by atoms with Gasteiger partial charge < -0.3 is 11.1 Å². The van der Waals surface area contributed by atoms with E-state index in [4.69, 9.17) is 5.73 Å². The first-order valence-electron chi connectivity index (χ1n) is 7.37. The zero-order valence-corrected chi connectivity index (χ0v) is 12.5. The van der Waals surface area contributed by atoms with Crippen LogP contribution in [0.3, 0.4) is 0 Å². The number of amides is 1. The van der Waals surface area contributed by atoms with E-state index in [2.05, 4.69) is 18.3 Å². The molecule has 0 saturated carbocycles. The fourth-order valence-corrected chi connectivity index (χ4v) is 3.72. The van der Waals surface area contributed by atoms with E-state index < -0.39 is 0 Å². The molecule has 0 aromatic carbocycles. The average molecular weight is 280 g/mol. The highest BCUT2D eigenvalue weighted by Gasteiger charge is 2.18. The number of hydrogen-bond donors (Lipinski definition) is 2. The van der Waals surface area contributed by atoms with Crippen molar-refractivity contribution in [3.8, 4) is 0 Å². The molecule has 1 aromatic rings. The predicted molar refractivity (Wildman–Crippen MR) is 80.8 cm³/mol. The first kappa shape index (κ1) is 14.5. The summed E-state index contributed by atoms with van der Waals surface area (Å²) in [6.07, 6.45) is 8.02. The van der Waals surface area contributed by atoms with Gasteiger partial charge in [0, 0.05) is 17.5 Å². The maximum Gasteiger partial charge on any atom is 0.261 e. The Hall–Kier alpha value is -0.870. The van der Waals surface area contributed by atoms with Crippen LogP contribution in [-0.2, 0) is 12.8 Å². The molecule has 1 amide bonds. The van der Waals surface area contributed by atoms with Gasteiger partial charge in [0.1, 0.15) is 0 Å². The lowest BCUT2D eigenvalue weighted by molar-refractivity contribution is 0.0940. The van der Waals surface area contributed by atoms with Gasteiger partial charge in [-0.2, -0.15) is 0 Å². The minimum Gasteiger partial charge on any atom is -0.347 e. The van der Waals surface area contributed by atoms with Gasteiger partial charge in [-0.25, -0.2) is 0 Å². The largest absolute Gasteiger partial charge is 0.347 e. The molecule has 0 spiro atoms. The highest BCUT2D eigenvalue weighted by atomic mass is 32.1. The number of fused-ring (bicyclic) bond motifs is 1. The lowest BCUT2D eigenvalue weighted by Gasteiger charge is -2.15. The molecule has 3 nitrogen and oxygen atoms in total. The molecule has 0 radical (unpaired) electrons. The Morgan fingerprint density at radius 3 is 2.95 bits per heavy atom. The Morgan fingerprint density at radius 1 is 1.47 bits per heavy atom. The molecule has 1 atom stereocenters. The number of aryl methyl sites for hydroxylation is 2. The number of thiophene rings is 1. The van der Waals surface area contributed by atoms with Crippen LogP contribution >= 0.6 is 11.3 Å².